The first-order chi connectivity index (χ1) is 14.8. The molecule has 4 unspecified atom stereocenters. The van der Waals surface area contributed by atoms with Crippen molar-refractivity contribution in [3.05, 3.63) is 0 Å². The number of hydrazine groups is 1. The lowest BCUT2D eigenvalue weighted by Gasteiger charge is -2.54. The predicted molar refractivity (Wildman–Crippen MR) is 119 cm³/mol. The van der Waals surface area contributed by atoms with Crippen LogP contribution in [0, 0.1) is 17.8 Å². The molecule has 0 aromatic carbocycles. The van der Waals surface area contributed by atoms with E-state index in [1.807, 2.05) is 23.6 Å². The fraction of sp³-hybridized carbons (Fsp3) is 0.913. The van der Waals surface area contributed by atoms with Gasteiger partial charge in [0.2, 0.25) is 5.91 Å². The van der Waals surface area contributed by atoms with Gasteiger partial charge in [0.25, 0.3) is 0 Å². The zero-order valence-corrected chi connectivity index (χ0v) is 19.7. The number of amides is 2. The van der Waals surface area contributed by atoms with Crippen LogP contribution < -0.4 is 10.7 Å². The summed E-state index contributed by atoms with van der Waals surface area (Å²) >= 11 is 0. The summed E-state index contributed by atoms with van der Waals surface area (Å²) in [6.07, 6.45) is 3.95. The second-order valence-electron chi connectivity index (χ2n) is 10.5. The van der Waals surface area contributed by atoms with Gasteiger partial charge in [-0.15, -0.1) is 0 Å². The molecule has 1 aliphatic carbocycles. The first kappa shape index (κ1) is 22.8. The van der Waals surface area contributed by atoms with Gasteiger partial charge >= 0.3 is 6.09 Å². The number of piperazine rings is 1. The maximum atomic E-state index is 12.9. The molecule has 3 aliphatic heterocycles. The molecule has 4 rings (SSSR count). The first-order valence-electron chi connectivity index (χ1n) is 12.3. The number of nitrogens with zero attached hydrogens (tertiary/aromatic N) is 3. The van der Waals surface area contributed by atoms with Gasteiger partial charge in [-0.2, -0.15) is 0 Å². The third-order valence-electron chi connectivity index (χ3n) is 7.79. The Morgan fingerprint density at radius 3 is 2.55 bits per heavy atom. The van der Waals surface area contributed by atoms with E-state index in [1.165, 1.54) is 6.42 Å². The minimum atomic E-state index is -0.222. The topological polar surface area (TPSA) is 77.2 Å². The van der Waals surface area contributed by atoms with Gasteiger partial charge in [0.05, 0.1) is 18.2 Å². The number of rotatable bonds is 4. The van der Waals surface area contributed by atoms with E-state index < -0.39 is 0 Å². The van der Waals surface area contributed by atoms with Crippen molar-refractivity contribution in [1.29, 1.82) is 0 Å². The molecule has 6 atom stereocenters. The van der Waals surface area contributed by atoms with Crippen molar-refractivity contribution in [2.24, 2.45) is 17.8 Å². The third kappa shape index (κ3) is 5.01. The number of hydrogen-bond acceptors (Lipinski definition) is 6. The minimum absolute atomic E-state index is 0.0265. The Bertz CT molecular complexity index is 653. The lowest BCUT2D eigenvalue weighted by atomic mass is 9.73. The Hall–Kier alpha value is -1.38. The zero-order valence-electron chi connectivity index (χ0n) is 19.7. The lowest BCUT2D eigenvalue weighted by Crippen LogP contribution is -2.67. The van der Waals surface area contributed by atoms with E-state index in [0.717, 1.165) is 57.9 Å². The molecule has 0 bridgehead atoms. The minimum Gasteiger partial charge on any atom is -0.447 e. The van der Waals surface area contributed by atoms with Crippen LogP contribution in [0.2, 0.25) is 0 Å². The summed E-state index contributed by atoms with van der Waals surface area (Å²) in [4.78, 5) is 29.3. The largest absolute Gasteiger partial charge is 0.447 e. The van der Waals surface area contributed by atoms with E-state index in [4.69, 9.17) is 4.74 Å². The van der Waals surface area contributed by atoms with Crippen molar-refractivity contribution in [1.82, 2.24) is 25.6 Å². The predicted octanol–water partition coefficient (Wildman–Crippen LogP) is 1.67. The van der Waals surface area contributed by atoms with Crippen LogP contribution >= 0.6 is 0 Å². The van der Waals surface area contributed by atoms with Gasteiger partial charge in [0, 0.05) is 39.1 Å². The average Bonchev–Trinajstić information content (AvgIpc) is 3.38. The van der Waals surface area contributed by atoms with E-state index in [-0.39, 0.29) is 36.2 Å². The van der Waals surface area contributed by atoms with Gasteiger partial charge in [-0.25, -0.2) is 9.80 Å². The highest BCUT2D eigenvalue weighted by Gasteiger charge is 2.48. The summed E-state index contributed by atoms with van der Waals surface area (Å²) in [7, 11) is 0. The van der Waals surface area contributed by atoms with Crippen molar-refractivity contribution in [2.75, 3.05) is 39.3 Å². The van der Waals surface area contributed by atoms with Crippen LogP contribution in [0.25, 0.3) is 0 Å². The Balaban J connectivity index is 1.43. The van der Waals surface area contributed by atoms with Crippen molar-refractivity contribution in [3.8, 4) is 0 Å². The standard InChI is InChI=1S/C23H41N5O3/c1-15(2)31-23(30)27-12-16(3)28(17(4)29)21-6-5-19(9-22(21)27)20-11-25-26(14-20)13-18-7-8-24-10-18/h15-16,18-22,24-25H,5-14H2,1-4H3/t16-,18+,19?,20?,21?,22?/m0/s1. The van der Waals surface area contributed by atoms with Crippen LogP contribution in [0.3, 0.4) is 0 Å². The quantitative estimate of drug-likeness (QED) is 0.700. The van der Waals surface area contributed by atoms with Crippen molar-refractivity contribution in [2.45, 2.75) is 77.6 Å². The van der Waals surface area contributed by atoms with Gasteiger partial charge in [0.1, 0.15) is 0 Å². The average molecular weight is 436 g/mol. The smallest absolute Gasteiger partial charge is 0.410 e. The van der Waals surface area contributed by atoms with Crippen LogP contribution in [0.5, 0.6) is 0 Å². The van der Waals surface area contributed by atoms with E-state index in [0.29, 0.717) is 18.4 Å². The van der Waals surface area contributed by atoms with E-state index in [9.17, 15) is 9.59 Å². The molecule has 4 aliphatic rings. The summed E-state index contributed by atoms with van der Waals surface area (Å²) in [6, 6.07) is 0.184. The second-order valence-corrected chi connectivity index (χ2v) is 10.5. The number of nitrogens with one attached hydrogen (secondary N) is 2. The molecule has 176 valence electrons. The number of ether oxygens (including phenoxy) is 1. The van der Waals surface area contributed by atoms with Crippen LogP contribution in [-0.4, -0.2) is 90.3 Å². The van der Waals surface area contributed by atoms with Crippen molar-refractivity contribution >= 4 is 12.0 Å². The number of fused-ring (bicyclic) bond motifs is 1. The zero-order chi connectivity index (χ0) is 22.1. The molecule has 2 amide bonds. The Morgan fingerprint density at radius 2 is 1.87 bits per heavy atom. The SMILES string of the molecule is CC(=O)N1C2CCC(C3CNN(C[C@@H]4CCNC4)C3)CC2N(C(=O)OC(C)C)C[C@@H]1C. The number of carbonyl (C=O) groups is 2. The van der Waals surface area contributed by atoms with Crippen LogP contribution in [0.4, 0.5) is 4.79 Å². The second kappa shape index (κ2) is 9.63. The molecule has 31 heavy (non-hydrogen) atoms. The Kier molecular flexibility index (Phi) is 7.08. The van der Waals surface area contributed by atoms with E-state index in [1.54, 1.807) is 6.92 Å². The molecule has 2 N–H and O–H groups in total. The third-order valence-corrected chi connectivity index (χ3v) is 7.79. The van der Waals surface area contributed by atoms with Gasteiger partial charge in [-0.05, 0) is 77.3 Å². The normalized spacial score (nSPS) is 36.7. The molecule has 0 aromatic heterocycles. The number of hydrogen-bond donors (Lipinski definition) is 2. The molecule has 0 aromatic rings. The molecule has 3 saturated heterocycles. The molecule has 4 fully saturated rings. The van der Waals surface area contributed by atoms with Crippen molar-refractivity contribution < 1.29 is 14.3 Å². The summed E-state index contributed by atoms with van der Waals surface area (Å²) in [5.74, 6) is 2.03. The van der Waals surface area contributed by atoms with Crippen LogP contribution in [0.15, 0.2) is 0 Å². The summed E-state index contributed by atoms with van der Waals surface area (Å²) in [5, 5.41) is 5.88. The van der Waals surface area contributed by atoms with Gasteiger partial charge < -0.3 is 19.9 Å². The van der Waals surface area contributed by atoms with E-state index in [2.05, 4.69) is 22.7 Å². The maximum Gasteiger partial charge on any atom is 0.410 e. The molecular weight excluding hydrogens is 394 g/mol. The van der Waals surface area contributed by atoms with Crippen LogP contribution in [-0.2, 0) is 9.53 Å². The molecule has 8 heteroatoms. The Labute approximate surface area is 187 Å². The van der Waals surface area contributed by atoms with Gasteiger partial charge in [-0.3, -0.25) is 10.2 Å². The van der Waals surface area contributed by atoms with Crippen LogP contribution in [0.1, 0.15) is 53.4 Å². The maximum absolute atomic E-state index is 12.9. The fourth-order valence-electron chi connectivity index (χ4n) is 6.40. The molecule has 8 nitrogen and oxygen atoms in total. The number of carbonyl (C=O) groups excluding carboxylic acids is 2. The highest BCUT2D eigenvalue weighted by molar-refractivity contribution is 5.75. The summed E-state index contributed by atoms with van der Waals surface area (Å²) < 4.78 is 5.59. The van der Waals surface area contributed by atoms with E-state index >= 15 is 0 Å². The molecule has 0 spiro atoms. The summed E-state index contributed by atoms with van der Waals surface area (Å²) in [6.45, 7) is 13.6. The molecular formula is C23H41N5O3. The van der Waals surface area contributed by atoms with Crippen molar-refractivity contribution in [3.63, 3.8) is 0 Å². The molecule has 0 radical (unpaired) electrons. The molecule has 1 saturated carbocycles. The molecule has 3 heterocycles. The van der Waals surface area contributed by atoms with Gasteiger partial charge in [-0.1, -0.05) is 0 Å². The summed E-state index contributed by atoms with van der Waals surface area (Å²) in [5.41, 5.74) is 3.63. The highest BCUT2D eigenvalue weighted by Crippen LogP contribution is 2.40. The Morgan fingerprint density at radius 1 is 1.06 bits per heavy atom. The highest BCUT2D eigenvalue weighted by atomic mass is 16.6. The lowest BCUT2D eigenvalue weighted by molar-refractivity contribution is -0.142. The first-order valence-corrected chi connectivity index (χ1v) is 12.3. The van der Waals surface area contributed by atoms with Gasteiger partial charge in [0.15, 0.2) is 0 Å². The monoisotopic (exact) mass is 435 g/mol. The fourth-order valence-corrected chi connectivity index (χ4v) is 6.40.